The Bertz CT molecular complexity index is 445. The number of hydrogen-bond acceptors (Lipinski definition) is 5. The van der Waals surface area contributed by atoms with Gasteiger partial charge < -0.3 is 21.1 Å². The molecule has 1 fully saturated rings. The topological polar surface area (TPSA) is 91.5 Å². The van der Waals surface area contributed by atoms with Gasteiger partial charge in [-0.05, 0) is 44.0 Å². The van der Waals surface area contributed by atoms with Crippen molar-refractivity contribution in [3.05, 3.63) is 23.9 Å². The Morgan fingerprint density at radius 2 is 2.25 bits per heavy atom. The molecular formula is C14H22N4O2. The number of hydrogen-bond donors (Lipinski definition) is 3. The van der Waals surface area contributed by atoms with Crippen molar-refractivity contribution >= 4 is 11.7 Å². The van der Waals surface area contributed by atoms with E-state index in [-0.39, 0.29) is 0 Å². The highest BCUT2D eigenvalue weighted by molar-refractivity contribution is 5.97. The second-order valence-corrected chi connectivity index (χ2v) is 5.16. The van der Waals surface area contributed by atoms with Crippen LogP contribution in [0, 0.1) is 5.92 Å². The number of piperidine rings is 1. The smallest absolute Gasteiger partial charge is 0.252 e. The van der Waals surface area contributed by atoms with Crippen LogP contribution in [0.5, 0.6) is 0 Å². The van der Waals surface area contributed by atoms with Crippen molar-refractivity contribution in [2.24, 2.45) is 11.7 Å². The molecule has 1 aliphatic heterocycles. The number of aliphatic hydroxyl groups excluding tert-OH is 1. The first-order valence-corrected chi connectivity index (χ1v) is 7.02. The van der Waals surface area contributed by atoms with Crippen LogP contribution in [0.15, 0.2) is 18.3 Å². The summed E-state index contributed by atoms with van der Waals surface area (Å²) in [5.74, 6) is 0.533. The predicted molar refractivity (Wildman–Crippen MR) is 77.5 cm³/mol. The van der Waals surface area contributed by atoms with Crippen LogP contribution >= 0.6 is 0 Å². The fourth-order valence-corrected chi connectivity index (χ4v) is 2.47. The van der Waals surface area contributed by atoms with E-state index in [1.165, 1.54) is 0 Å². The molecule has 0 unspecified atom stereocenters. The van der Waals surface area contributed by atoms with Gasteiger partial charge in [0, 0.05) is 25.9 Å². The maximum Gasteiger partial charge on any atom is 0.252 e. The zero-order chi connectivity index (χ0) is 14.4. The molecular weight excluding hydrogens is 256 g/mol. The summed E-state index contributed by atoms with van der Waals surface area (Å²) >= 11 is 0. The highest BCUT2D eigenvalue weighted by Crippen LogP contribution is 2.16. The minimum absolute atomic E-state index is 0.294. The van der Waals surface area contributed by atoms with Crippen LogP contribution < -0.4 is 11.1 Å². The average molecular weight is 278 g/mol. The number of likely N-dealkylation sites (tertiary alicyclic amines) is 1. The molecule has 0 spiro atoms. The van der Waals surface area contributed by atoms with Crippen LogP contribution in [0.2, 0.25) is 0 Å². The Kier molecular flexibility index (Phi) is 5.31. The summed E-state index contributed by atoms with van der Waals surface area (Å²) in [6, 6.07) is 3.37. The second kappa shape index (κ2) is 7.21. The normalized spacial score (nSPS) is 17.1. The number of nitrogens with two attached hydrogens (primary N) is 1. The highest BCUT2D eigenvalue weighted by atomic mass is 16.3. The van der Waals surface area contributed by atoms with Gasteiger partial charge in [-0.2, -0.15) is 0 Å². The molecule has 20 heavy (non-hydrogen) atoms. The van der Waals surface area contributed by atoms with Gasteiger partial charge in [0.15, 0.2) is 0 Å². The van der Waals surface area contributed by atoms with Crippen LogP contribution in [-0.4, -0.2) is 53.7 Å². The third-order valence-electron chi connectivity index (χ3n) is 3.76. The van der Waals surface area contributed by atoms with E-state index in [0.29, 0.717) is 23.9 Å². The number of aromatic nitrogens is 1. The first kappa shape index (κ1) is 14.7. The molecule has 0 atom stereocenters. The molecule has 6 nitrogen and oxygen atoms in total. The van der Waals surface area contributed by atoms with Gasteiger partial charge in [-0.3, -0.25) is 4.79 Å². The van der Waals surface area contributed by atoms with E-state index in [2.05, 4.69) is 15.2 Å². The summed E-state index contributed by atoms with van der Waals surface area (Å²) < 4.78 is 0. The van der Waals surface area contributed by atoms with Crippen molar-refractivity contribution in [3.63, 3.8) is 0 Å². The van der Waals surface area contributed by atoms with Crippen LogP contribution in [0.25, 0.3) is 0 Å². The minimum atomic E-state index is -0.468. The lowest BCUT2D eigenvalue weighted by molar-refractivity contribution is 0.100. The molecule has 0 radical (unpaired) electrons. The first-order chi connectivity index (χ1) is 9.70. The number of carbonyl (C=O) groups excluding carboxylic acids is 1. The number of anilines is 1. The summed E-state index contributed by atoms with van der Waals surface area (Å²) in [7, 11) is 0. The molecule has 1 aromatic rings. The number of pyridine rings is 1. The molecule has 6 heteroatoms. The zero-order valence-corrected chi connectivity index (χ0v) is 11.6. The van der Waals surface area contributed by atoms with Gasteiger partial charge in [0.05, 0.1) is 5.56 Å². The third kappa shape index (κ3) is 3.91. The molecule has 1 saturated heterocycles. The summed E-state index contributed by atoms with van der Waals surface area (Å²) in [6.45, 7) is 3.94. The molecule has 2 heterocycles. The van der Waals surface area contributed by atoms with E-state index in [4.69, 9.17) is 10.8 Å². The standard InChI is InChI=1S/C14H22N4O2/c15-13(20)12-2-1-5-16-14(12)17-6-9-18-7-3-11(10-19)4-8-18/h1-2,5,11,19H,3-4,6-10H2,(H2,15,20)(H,16,17). The lowest BCUT2D eigenvalue weighted by atomic mass is 9.98. The fourth-order valence-electron chi connectivity index (χ4n) is 2.47. The number of amides is 1. The van der Waals surface area contributed by atoms with Gasteiger partial charge in [0.1, 0.15) is 5.82 Å². The van der Waals surface area contributed by atoms with Crippen LogP contribution in [-0.2, 0) is 0 Å². The lowest BCUT2D eigenvalue weighted by Gasteiger charge is -2.31. The SMILES string of the molecule is NC(=O)c1cccnc1NCCN1CCC(CO)CC1. The van der Waals surface area contributed by atoms with Gasteiger partial charge in [-0.1, -0.05) is 0 Å². The van der Waals surface area contributed by atoms with Gasteiger partial charge in [-0.25, -0.2) is 4.98 Å². The van der Waals surface area contributed by atoms with Crippen molar-refractivity contribution in [1.29, 1.82) is 0 Å². The largest absolute Gasteiger partial charge is 0.396 e. The van der Waals surface area contributed by atoms with Crippen molar-refractivity contribution in [2.75, 3.05) is 38.1 Å². The van der Waals surface area contributed by atoms with Crippen molar-refractivity contribution in [3.8, 4) is 0 Å². The van der Waals surface area contributed by atoms with Gasteiger partial charge in [-0.15, -0.1) is 0 Å². The molecule has 0 saturated carbocycles. The second-order valence-electron chi connectivity index (χ2n) is 5.16. The number of aliphatic hydroxyl groups is 1. The average Bonchev–Trinajstić information content (AvgIpc) is 2.48. The van der Waals surface area contributed by atoms with E-state index in [1.54, 1.807) is 18.3 Å². The Labute approximate surface area is 119 Å². The molecule has 4 N–H and O–H groups in total. The Morgan fingerprint density at radius 3 is 2.90 bits per heavy atom. The highest BCUT2D eigenvalue weighted by Gasteiger charge is 2.18. The van der Waals surface area contributed by atoms with Crippen LogP contribution in [0.3, 0.4) is 0 Å². The van der Waals surface area contributed by atoms with E-state index in [1.807, 2.05) is 0 Å². The van der Waals surface area contributed by atoms with E-state index in [0.717, 1.165) is 39.0 Å². The van der Waals surface area contributed by atoms with Gasteiger partial charge >= 0.3 is 0 Å². The Balaban J connectivity index is 1.78. The number of primary amides is 1. The molecule has 0 bridgehead atoms. The molecule has 2 rings (SSSR count). The third-order valence-corrected chi connectivity index (χ3v) is 3.76. The van der Waals surface area contributed by atoms with Crippen LogP contribution in [0.4, 0.5) is 5.82 Å². The minimum Gasteiger partial charge on any atom is -0.396 e. The zero-order valence-electron chi connectivity index (χ0n) is 11.6. The molecule has 0 aromatic carbocycles. The monoisotopic (exact) mass is 278 g/mol. The Morgan fingerprint density at radius 1 is 1.50 bits per heavy atom. The first-order valence-electron chi connectivity index (χ1n) is 7.02. The molecule has 110 valence electrons. The lowest BCUT2D eigenvalue weighted by Crippen LogP contribution is -2.37. The summed E-state index contributed by atoms with van der Waals surface area (Å²) in [4.78, 5) is 17.8. The molecule has 1 aliphatic rings. The summed E-state index contributed by atoms with van der Waals surface area (Å²) in [5.41, 5.74) is 5.73. The number of carbonyl (C=O) groups is 1. The predicted octanol–water partition coefficient (Wildman–Crippen LogP) is 0.297. The van der Waals surface area contributed by atoms with Crippen LogP contribution in [0.1, 0.15) is 23.2 Å². The van der Waals surface area contributed by atoms with E-state index >= 15 is 0 Å². The molecule has 1 aromatic heterocycles. The van der Waals surface area contributed by atoms with Crippen molar-refractivity contribution in [2.45, 2.75) is 12.8 Å². The summed E-state index contributed by atoms with van der Waals surface area (Å²) in [6.07, 6.45) is 3.74. The van der Waals surface area contributed by atoms with Gasteiger partial charge in [0.25, 0.3) is 5.91 Å². The maximum atomic E-state index is 11.3. The van der Waals surface area contributed by atoms with Crippen molar-refractivity contribution < 1.29 is 9.90 Å². The number of rotatable bonds is 6. The van der Waals surface area contributed by atoms with Crippen molar-refractivity contribution in [1.82, 2.24) is 9.88 Å². The number of nitrogens with one attached hydrogen (secondary N) is 1. The molecule has 1 amide bonds. The van der Waals surface area contributed by atoms with E-state index < -0.39 is 5.91 Å². The number of nitrogens with zero attached hydrogens (tertiary/aromatic N) is 2. The summed E-state index contributed by atoms with van der Waals surface area (Å²) in [5, 5.41) is 12.3. The quantitative estimate of drug-likeness (QED) is 0.696. The Hall–Kier alpha value is -1.66. The van der Waals surface area contributed by atoms with E-state index in [9.17, 15) is 4.79 Å². The maximum absolute atomic E-state index is 11.3. The fraction of sp³-hybridized carbons (Fsp3) is 0.571. The molecule has 0 aliphatic carbocycles. The van der Waals surface area contributed by atoms with Gasteiger partial charge in [0.2, 0.25) is 0 Å².